The summed E-state index contributed by atoms with van der Waals surface area (Å²) in [5.74, 6) is 0.726. The zero-order valence-electron chi connectivity index (χ0n) is 19.6. The third kappa shape index (κ3) is 4.76. The SMILES string of the molecule is Cc1cnn(Cc2ccc(Cn3cc4c(NCc5ccc6ccc(Cl)cc6n5)ncnc4n3)cc2)c1. The molecular formula is C27H23ClN8. The fraction of sp³-hybridized carbons (Fsp3) is 0.148. The molecule has 0 atom stereocenters. The molecule has 8 nitrogen and oxygen atoms in total. The number of anilines is 1. The van der Waals surface area contributed by atoms with Crippen molar-refractivity contribution < 1.29 is 0 Å². The van der Waals surface area contributed by atoms with E-state index in [0.29, 0.717) is 23.8 Å². The lowest BCUT2D eigenvalue weighted by Gasteiger charge is -2.07. The third-order valence-corrected chi connectivity index (χ3v) is 6.22. The van der Waals surface area contributed by atoms with Crippen molar-refractivity contribution in [1.29, 1.82) is 0 Å². The Balaban J connectivity index is 1.16. The minimum absolute atomic E-state index is 0.525. The van der Waals surface area contributed by atoms with E-state index in [0.717, 1.165) is 45.5 Å². The molecule has 0 aliphatic carbocycles. The average molecular weight is 495 g/mol. The molecule has 9 heteroatoms. The monoisotopic (exact) mass is 494 g/mol. The predicted molar refractivity (Wildman–Crippen MR) is 141 cm³/mol. The van der Waals surface area contributed by atoms with E-state index in [1.165, 1.54) is 11.9 Å². The molecule has 0 spiro atoms. The van der Waals surface area contributed by atoms with Gasteiger partial charge in [-0.1, -0.05) is 48.0 Å². The van der Waals surface area contributed by atoms with E-state index in [1.807, 2.05) is 65.2 Å². The maximum absolute atomic E-state index is 6.13. The maximum Gasteiger partial charge on any atom is 0.186 e. The van der Waals surface area contributed by atoms with Crippen molar-refractivity contribution in [2.45, 2.75) is 26.6 Å². The molecule has 1 N–H and O–H groups in total. The van der Waals surface area contributed by atoms with Gasteiger partial charge in [-0.15, -0.1) is 0 Å². The molecule has 4 aromatic heterocycles. The summed E-state index contributed by atoms with van der Waals surface area (Å²) in [7, 11) is 0. The van der Waals surface area contributed by atoms with Crippen LogP contribution in [0.3, 0.4) is 0 Å². The van der Waals surface area contributed by atoms with Gasteiger partial charge in [-0.25, -0.2) is 9.97 Å². The number of rotatable bonds is 7. The Morgan fingerprint density at radius 1 is 0.889 bits per heavy atom. The standard InChI is InChI=1S/C27H23ClN8/c1-18-11-32-35(13-18)14-19-2-4-20(5-3-19)15-36-16-24-26(30-17-31-27(24)34-36)29-12-23-9-7-21-6-8-22(28)10-25(21)33-23/h2-11,13,16-17H,12,14-15H2,1H3,(H,29,30,31,34). The van der Waals surface area contributed by atoms with E-state index in [1.54, 1.807) is 0 Å². The molecule has 0 bridgehead atoms. The summed E-state index contributed by atoms with van der Waals surface area (Å²) < 4.78 is 3.84. The van der Waals surface area contributed by atoms with E-state index in [4.69, 9.17) is 16.6 Å². The lowest BCUT2D eigenvalue weighted by Crippen LogP contribution is -2.04. The molecule has 178 valence electrons. The van der Waals surface area contributed by atoms with Gasteiger partial charge in [-0.2, -0.15) is 10.2 Å². The zero-order valence-corrected chi connectivity index (χ0v) is 20.4. The zero-order chi connectivity index (χ0) is 24.5. The second kappa shape index (κ2) is 9.39. The van der Waals surface area contributed by atoms with Crippen LogP contribution in [0.25, 0.3) is 21.9 Å². The molecule has 0 saturated carbocycles. The summed E-state index contributed by atoms with van der Waals surface area (Å²) in [6.07, 6.45) is 7.42. The van der Waals surface area contributed by atoms with Crippen molar-refractivity contribution in [1.82, 2.24) is 34.5 Å². The highest BCUT2D eigenvalue weighted by atomic mass is 35.5. The highest BCUT2D eigenvalue weighted by Crippen LogP contribution is 2.21. The Labute approximate surface area is 212 Å². The molecule has 0 radical (unpaired) electrons. The number of aryl methyl sites for hydroxylation is 1. The van der Waals surface area contributed by atoms with Crippen LogP contribution in [-0.4, -0.2) is 34.5 Å². The van der Waals surface area contributed by atoms with Gasteiger partial charge in [0.15, 0.2) is 5.65 Å². The number of benzene rings is 2. The summed E-state index contributed by atoms with van der Waals surface area (Å²) in [4.78, 5) is 13.5. The van der Waals surface area contributed by atoms with Crippen LogP contribution in [0.2, 0.25) is 5.02 Å². The van der Waals surface area contributed by atoms with Gasteiger partial charge in [0.1, 0.15) is 12.1 Å². The predicted octanol–water partition coefficient (Wildman–Crippen LogP) is 5.24. The van der Waals surface area contributed by atoms with E-state index >= 15 is 0 Å². The van der Waals surface area contributed by atoms with Crippen molar-refractivity contribution in [3.05, 3.63) is 107 Å². The van der Waals surface area contributed by atoms with E-state index < -0.39 is 0 Å². The maximum atomic E-state index is 6.13. The van der Waals surface area contributed by atoms with Crippen molar-refractivity contribution in [3.8, 4) is 0 Å². The van der Waals surface area contributed by atoms with Crippen LogP contribution in [0.15, 0.2) is 79.5 Å². The largest absolute Gasteiger partial charge is 0.364 e. The van der Waals surface area contributed by atoms with E-state index in [2.05, 4.69) is 49.7 Å². The molecule has 0 unspecified atom stereocenters. The first-order chi connectivity index (χ1) is 17.6. The number of halogens is 1. The molecule has 0 aliphatic rings. The highest BCUT2D eigenvalue weighted by Gasteiger charge is 2.10. The minimum Gasteiger partial charge on any atom is -0.364 e. The quantitative estimate of drug-likeness (QED) is 0.326. The third-order valence-electron chi connectivity index (χ3n) is 5.99. The second-order valence-electron chi connectivity index (χ2n) is 8.81. The molecule has 0 aliphatic heterocycles. The molecule has 4 heterocycles. The Kier molecular flexibility index (Phi) is 5.79. The van der Waals surface area contributed by atoms with Gasteiger partial charge in [-0.3, -0.25) is 14.3 Å². The topological polar surface area (TPSA) is 86.3 Å². The van der Waals surface area contributed by atoms with Gasteiger partial charge < -0.3 is 5.32 Å². The van der Waals surface area contributed by atoms with Gasteiger partial charge in [0.2, 0.25) is 0 Å². The van der Waals surface area contributed by atoms with Crippen molar-refractivity contribution >= 4 is 39.4 Å². The number of aromatic nitrogens is 7. The summed E-state index contributed by atoms with van der Waals surface area (Å²) in [6, 6.07) is 18.3. The first-order valence-electron chi connectivity index (χ1n) is 11.6. The number of hydrogen-bond acceptors (Lipinski definition) is 6. The molecule has 2 aromatic carbocycles. The molecule has 36 heavy (non-hydrogen) atoms. The fourth-order valence-corrected chi connectivity index (χ4v) is 4.36. The average Bonchev–Trinajstić information content (AvgIpc) is 3.49. The normalized spacial score (nSPS) is 11.4. The highest BCUT2D eigenvalue weighted by molar-refractivity contribution is 6.31. The van der Waals surface area contributed by atoms with Gasteiger partial charge in [-0.05, 0) is 41.8 Å². The molecule has 6 rings (SSSR count). The van der Waals surface area contributed by atoms with Gasteiger partial charge in [0, 0.05) is 22.8 Å². The number of hydrogen-bond donors (Lipinski definition) is 1. The Morgan fingerprint density at radius 3 is 2.44 bits per heavy atom. The first-order valence-corrected chi connectivity index (χ1v) is 12.0. The number of pyridine rings is 1. The van der Waals surface area contributed by atoms with E-state index in [-0.39, 0.29) is 0 Å². The Morgan fingerprint density at radius 2 is 1.67 bits per heavy atom. The van der Waals surface area contributed by atoms with Crippen molar-refractivity contribution in [3.63, 3.8) is 0 Å². The van der Waals surface area contributed by atoms with Crippen LogP contribution in [-0.2, 0) is 19.6 Å². The van der Waals surface area contributed by atoms with E-state index in [9.17, 15) is 0 Å². The molecular weight excluding hydrogens is 472 g/mol. The van der Waals surface area contributed by atoms with Crippen LogP contribution >= 0.6 is 11.6 Å². The molecule has 6 aromatic rings. The van der Waals surface area contributed by atoms with Crippen molar-refractivity contribution in [2.75, 3.05) is 5.32 Å². The Bertz CT molecular complexity index is 1670. The molecule has 0 fully saturated rings. The van der Waals surface area contributed by atoms with Crippen LogP contribution in [0.5, 0.6) is 0 Å². The van der Waals surface area contributed by atoms with Crippen LogP contribution in [0.1, 0.15) is 22.4 Å². The van der Waals surface area contributed by atoms with Crippen LogP contribution < -0.4 is 5.32 Å². The Hall–Kier alpha value is -4.30. The van der Waals surface area contributed by atoms with Crippen LogP contribution in [0, 0.1) is 6.92 Å². The summed E-state index contributed by atoms with van der Waals surface area (Å²) >= 11 is 6.13. The summed E-state index contributed by atoms with van der Waals surface area (Å²) in [5.41, 5.74) is 5.94. The van der Waals surface area contributed by atoms with Gasteiger partial charge in [0.05, 0.1) is 42.4 Å². The lowest BCUT2D eigenvalue weighted by atomic mass is 10.1. The number of nitrogens with zero attached hydrogens (tertiary/aromatic N) is 7. The minimum atomic E-state index is 0.525. The fourth-order valence-electron chi connectivity index (χ4n) is 4.19. The smallest absolute Gasteiger partial charge is 0.186 e. The lowest BCUT2D eigenvalue weighted by molar-refractivity contribution is 0.681. The van der Waals surface area contributed by atoms with Crippen molar-refractivity contribution in [2.24, 2.45) is 0 Å². The van der Waals surface area contributed by atoms with Crippen LogP contribution in [0.4, 0.5) is 5.82 Å². The number of fused-ring (bicyclic) bond motifs is 2. The summed E-state index contributed by atoms with van der Waals surface area (Å²) in [6.45, 7) is 3.97. The summed E-state index contributed by atoms with van der Waals surface area (Å²) in [5, 5.41) is 15.0. The first kappa shape index (κ1) is 22.2. The second-order valence-corrected chi connectivity index (χ2v) is 9.25. The van der Waals surface area contributed by atoms with Gasteiger partial charge in [0.25, 0.3) is 0 Å². The number of nitrogens with one attached hydrogen (secondary N) is 1. The molecule has 0 amide bonds. The van der Waals surface area contributed by atoms with Gasteiger partial charge >= 0.3 is 0 Å². The molecule has 0 saturated heterocycles.